The average Bonchev–Trinajstić information content (AvgIpc) is 3.20. The van der Waals surface area contributed by atoms with E-state index in [4.69, 9.17) is 0 Å². The minimum Gasteiger partial charge on any atom is -0.350 e. The number of hydrogen-bond acceptors (Lipinski definition) is 5. The van der Waals surface area contributed by atoms with Gasteiger partial charge in [0.1, 0.15) is 0 Å². The fourth-order valence-electron chi connectivity index (χ4n) is 3.06. The Kier molecular flexibility index (Phi) is 2.82. The second-order valence-corrected chi connectivity index (χ2v) is 6.36. The average molecular weight is 321 g/mol. The van der Waals surface area contributed by atoms with Crippen LogP contribution in [-0.2, 0) is 0 Å². The molecule has 0 spiro atoms. The van der Waals surface area contributed by atoms with Crippen molar-refractivity contribution in [3.63, 3.8) is 0 Å². The van der Waals surface area contributed by atoms with Gasteiger partial charge in [0.2, 0.25) is 5.95 Å². The summed E-state index contributed by atoms with van der Waals surface area (Å²) in [7, 11) is 0. The molecule has 1 aliphatic rings. The summed E-state index contributed by atoms with van der Waals surface area (Å²) in [4.78, 5) is 8.70. The Labute approximate surface area is 139 Å². The van der Waals surface area contributed by atoms with Gasteiger partial charge < -0.3 is 5.32 Å². The zero-order valence-corrected chi connectivity index (χ0v) is 13.3. The van der Waals surface area contributed by atoms with E-state index in [1.165, 1.54) is 12.8 Å². The number of nitrogens with zero attached hydrogens (tertiary/aromatic N) is 6. The first-order valence-electron chi connectivity index (χ1n) is 8.19. The third kappa shape index (κ3) is 2.20. The number of nitrogens with one attached hydrogen (secondary N) is 1. The van der Waals surface area contributed by atoms with Crippen LogP contribution in [0.5, 0.6) is 0 Å². The molecule has 0 saturated heterocycles. The van der Waals surface area contributed by atoms with E-state index >= 15 is 0 Å². The van der Waals surface area contributed by atoms with Gasteiger partial charge in [0.05, 0.1) is 17.4 Å². The summed E-state index contributed by atoms with van der Waals surface area (Å²) in [6.45, 7) is 2.19. The summed E-state index contributed by atoms with van der Waals surface area (Å²) in [5.41, 5.74) is 3.65. The van der Waals surface area contributed by atoms with Crippen LogP contribution in [0.2, 0.25) is 0 Å². The lowest BCUT2D eigenvalue weighted by atomic mass is 10.2. The molecule has 0 radical (unpaired) electrons. The molecule has 1 N–H and O–H groups in total. The Morgan fingerprint density at radius 3 is 2.92 bits per heavy atom. The molecule has 0 aromatic carbocycles. The van der Waals surface area contributed by atoms with Crippen LogP contribution < -0.4 is 5.32 Å². The normalized spacial score (nSPS) is 15.9. The van der Waals surface area contributed by atoms with Gasteiger partial charge in [0, 0.05) is 31.6 Å². The maximum atomic E-state index is 4.60. The Morgan fingerprint density at radius 2 is 2.04 bits per heavy atom. The summed E-state index contributed by atoms with van der Waals surface area (Å²) >= 11 is 0. The highest BCUT2D eigenvalue weighted by atomic mass is 15.3. The third-order valence-electron chi connectivity index (χ3n) is 4.63. The monoisotopic (exact) mass is 321 g/mol. The molecule has 4 aromatic rings. The van der Waals surface area contributed by atoms with Crippen molar-refractivity contribution in [1.82, 2.24) is 29.2 Å². The molecular weight excluding hydrogens is 302 g/mol. The maximum Gasteiger partial charge on any atom is 0.241 e. The summed E-state index contributed by atoms with van der Waals surface area (Å²) in [6, 6.07) is 6.37. The van der Waals surface area contributed by atoms with Crippen LogP contribution in [0, 0.1) is 5.92 Å². The van der Waals surface area contributed by atoms with Crippen LogP contribution in [0.1, 0.15) is 21.2 Å². The number of rotatable bonds is 4. The number of hydrogen-bond donors (Lipinski definition) is 1. The van der Waals surface area contributed by atoms with Crippen molar-refractivity contribution in [2.45, 2.75) is 25.8 Å². The molecule has 0 bridgehead atoms. The standard InChI is InChI=1S/C17H17N7.H2/c1-11(12-2-3-12)20-17-19-10-15-13(6-8-23(15)22-17)14-4-5-16-18-7-9-24(16)21-14;/h4-12H,2-3H2,1H3,(H,20,22);1H/t11-;/m1./s1. The lowest BCUT2D eigenvalue weighted by Crippen LogP contribution is -2.19. The Bertz CT molecular complexity index is 1030. The molecule has 5 rings (SSSR count). The molecule has 7 heteroatoms. The van der Waals surface area contributed by atoms with Crippen LogP contribution in [0.25, 0.3) is 22.4 Å². The van der Waals surface area contributed by atoms with Crippen LogP contribution in [-0.4, -0.2) is 35.2 Å². The van der Waals surface area contributed by atoms with E-state index in [-0.39, 0.29) is 1.43 Å². The van der Waals surface area contributed by atoms with Crippen molar-refractivity contribution in [1.29, 1.82) is 0 Å². The van der Waals surface area contributed by atoms with Gasteiger partial charge in [0.25, 0.3) is 0 Å². The molecule has 7 nitrogen and oxygen atoms in total. The quantitative estimate of drug-likeness (QED) is 0.626. The van der Waals surface area contributed by atoms with E-state index in [0.717, 1.165) is 28.3 Å². The summed E-state index contributed by atoms with van der Waals surface area (Å²) < 4.78 is 3.62. The second kappa shape index (κ2) is 5.02. The van der Waals surface area contributed by atoms with E-state index in [0.29, 0.717) is 12.0 Å². The van der Waals surface area contributed by atoms with Crippen LogP contribution in [0.15, 0.2) is 43.0 Å². The first kappa shape index (κ1) is 13.5. The molecule has 122 valence electrons. The molecular formula is C17H19N7. The summed E-state index contributed by atoms with van der Waals surface area (Å²) in [5, 5.41) is 12.6. The highest BCUT2D eigenvalue weighted by molar-refractivity contribution is 5.78. The Hall–Kier alpha value is -2.96. The minimum absolute atomic E-state index is 0. The van der Waals surface area contributed by atoms with E-state index < -0.39 is 0 Å². The number of fused-ring (bicyclic) bond motifs is 2. The molecule has 0 unspecified atom stereocenters. The highest BCUT2D eigenvalue weighted by Crippen LogP contribution is 2.33. The topological polar surface area (TPSA) is 72.4 Å². The lowest BCUT2D eigenvalue weighted by molar-refractivity contribution is 0.680. The molecule has 0 amide bonds. The van der Waals surface area contributed by atoms with Gasteiger partial charge in [-0.15, -0.1) is 5.10 Å². The molecule has 1 aliphatic carbocycles. The van der Waals surface area contributed by atoms with Crippen LogP contribution in [0.3, 0.4) is 0 Å². The fraction of sp³-hybridized carbons (Fsp3) is 0.294. The van der Waals surface area contributed by atoms with E-state index in [1.54, 1.807) is 10.7 Å². The molecule has 24 heavy (non-hydrogen) atoms. The van der Waals surface area contributed by atoms with E-state index in [9.17, 15) is 0 Å². The van der Waals surface area contributed by atoms with Crippen molar-refractivity contribution in [3.8, 4) is 11.3 Å². The van der Waals surface area contributed by atoms with Crippen LogP contribution in [0.4, 0.5) is 5.95 Å². The predicted octanol–water partition coefficient (Wildman–Crippen LogP) is 2.90. The fourth-order valence-corrected chi connectivity index (χ4v) is 3.06. The Balaban J connectivity index is 0.00000157. The SMILES string of the molecule is C[C@@H](Nc1ncc2c(-c3ccc4nccn4n3)ccn2n1)C1CC1.[HH]. The minimum atomic E-state index is 0. The number of anilines is 1. The number of imidazole rings is 1. The lowest BCUT2D eigenvalue weighted by Gasteiger charge is -2.12. The van der Waals surface area contributed by atoms with Gasteiger partial charge in [0.15, 0.2) is 5.65 Å². The van der Waals surface area contributed by atoms with Crippen molar-refractivity contribution < 1.29 is 1.43 Å². The maximum absolute atomic E-state index is 4.60. The molecule has 4 heterocycles. The number of aromatic nitrogens is 6. The summed E-state index contributed by atoms with van der Waals surface area (Å²) in [6.07, 6.45) is 9.98. The third-order valence-corrected chi connectivity index (χ3v) is 4.63. The van der Waals surface area contributed by atoms with Crippen molar-refractivity contribution in [2.75, 3.05) is 5.32 Å². The molecule has 1 atom stereocenters. The van der Waals surface area contributed by atoms with Crippen molar-refractivity contribution >= 4 is 17.1 Å². The van der Waals surface area contributed by atoms with Gasteiger partial charge in [-0.05, 0) is 43.9 Å². The van der Waals surface area contributed by atoms with Gasteiger partial charge in [-0.3, -0.25) is 0 Å². The van der Waals surface area contributed by atoms with Gasteiger partial charge in [-0.25, -0.2) is 19.0 Å². The van der Waals surface area contributed by atoms with Crippen molar-refractivity contribution in [3.05, 3.63) is 43.0 Å². The predicted molar refractivity (Wildman–Crippen MR) is 92.9 cm³/mol. The zero-order valence-electron chi connectivity index (χ0n) is 13.3. The Morgan fingerprint density at radius 1 is 1.12 bits per heavy atom. The van der Waals surface area contributed by atoms with E-state index in [1.807, 2.05) is 41.3 Å². The molecule has 0 aliphatic heterocycles. The molecule has 1 fully saturated rings. The van der Waals surface area contributed by atoms with Crippen molar-refractivity contribution in [2.24, 2.45) is 5.92 Å². The second-order valence-electron chi connectivity index (χ2n) is 6.36. The first-order valence-corrected chi connectivity index (χ1v) is 8.19. The largest absolute Gasteiger partial charge is 0.350 e. The zero-order chi connectivity index (χ0) is 16.1. The van der Waals surface area contributed by atoms with Gasteiger partial charge in [-0.2, -0.15) is 5.10 Å². The molecule has 1 saturated carbocycles. The highest BCUT2D eigenvalue weighted by Gasteiger charge is 2.28. The van der Waals surface area contributed by atoms with E-state index in [2.05, 4.69) is 32.4 Å². The smallest absolute Gasteiger partial charge is 0.241 e. The van der Waals surface area contributed by atoms with Crippen LogP contribution >= 0.6 is 0 Å². The van der Waals surface area contributed by atoms with Gasteiger partial charge in [-0.1, -0.05) is 0 Å². The van der Waals surface area contributed by atoms with Gasteiger partial charge >= 0.3 is 0 Å². The summed E-state index contributed by atoms with van der Waals surface area (Å²) in [5.74, 6) is 1.43. The first-order chi connectivity index (χ1) is 11.8. The molecule has 4 aromatic heterocycles.